The Morgan fingerprint density at radius 2 is 2.25 bits per heavy atom. The fourth-order valence-electron chi connectivity index (χ4n) is 3.46. The number of rotatable bonds is 4. The number of carbonyl (C=O) groups is 1. The average Bonchev–Trinajstić information content (AvgIpc) is 2.89. The van der Waals surface area contributed by atoms with Crippen molar-refractivity contribution < 1.29 is 9.21 Å². The lowest BCUT2D eigenvalue weighted by Crippen LogP contribution is -2.43. The van der Waals surface area contributed by atoms with Crippen LogP contribution in [0.1, 0.15) is 42.8 Å². The predicted molar refractivity (Wildman–Crippen MR) is 100 cm³/mol. The molecule has 2 aromatic rings. The summed E-state index contributed by atoms with van der Waals surface area (Å²) in [6.07, 6.45) is 2.38. The molecule has 1 fully saturated rings. The maximum Gasteiger partial charge on any atom is 0.287 e. The first kappa shape index (κ1) is 17.5. The smallest absolute Gasteiger partial charge is 0.287 e. The summed E-state index contributed by atoms with van der Waals surface area (Å²) in [5, 5.41) is 4.06. The number of hydrogen-bond acceptors (Lipinski definition) is 3. The van der Waals surface area contributed by atoms with Crippen LogP contribution in [0.5, 0.6) is 0 Å². The van der Waals surface area contributed by atoms with Gasteiger partial charge in [-0.2, -0.15) is 0 Å². The van der Waals surface area contributed by atoms with E-state index in [1.807, 2.05) is 25.1 Å². The first-order valence-corrected chi connectivity index (χ1v) is 9.46. The van der Waals surface area contributed by atoms with Crippen LogP contribution in [-0.4, -0.2) is 36.5 Å². The maximum absolute atomic E-state index is 12.5. The highest BCUT2D eigenvalue weighted by molar-refractivity contribution is 9.10. The molecule has 24 heavy (non-hydrogen) atoms. The average molecular weight is 393 g/mol. The lowest BCUT2D eigenvalue weighted by Gasteiger charge is -2.35. The number of furan rings is 1. The van der Waals surface area contributed by atoms with Gasteiger partial charge >= 0.3 is 0 Å². The van der Waals surface area contributed by atoms with Crippen molar-refractivity contribution in [3.05, 3.63) is 34.0 Å². The predicted octanol–water partition coefficient (Wildman–Crippen LogP) is 4.35. The molecule has 1 amide bonds. The van der Waals surface area contributed by atoms with Gasteiger partial charge in [0.2, 0.25) is 0 Å². The molecule has 0 radical (unpaired) electrons. The van der Waals surface area contributed by atoms with Crippen molar-refractivity contribution >= 4 is 32.8 Å². The van der Waals surface area contributed by atoms with E-state index in [1.54, 1.807) is 0 Å². The molecule has 0 saturated carbocycles. The molecule has 1 aromatic heterocycles. The first-order chi connectivity index (χ1) is 11.5. The molecule has 5 heteroatoms. The number of nitrogens with zero attached hydrogens (tertiary/aromatic N) is 1. The Labute approximate surface area is 151 Å². The third-order valence-corrected chi connectivity index (χ3v) is 5.43. The molecular weight excluding hydrogens is 368 g/mol. The standard InChI is InChI=1S/C19H25BrN2O2/c1-12(2)22-8-4-5-14(11-22)10-21-19(23)18-13(3)16-9-15(20)6-7-17(16)24-18/h6-7,9,12,14H,4-5,8,10-11H2,1-3H3,(H,21,23). The Hall–Kier alpha value is -1.33. The van der Waals surface area contributed by atoms with Crippen molar-refractivity contribution in [2.75, 3.05) is 19.6 Å². The highest BCUT2D eigenvalue weighted by Crippen LogP contribution is 2.28. The van der Waals surface area contributed by atoms with Crippen LogP contribution in [0.15, 0.2) is 27.1 Å². The molecule has 1 N–H and O–H groups in total. The van der Waals surface area contributed by atoms with Crippen molar-refractivity contribution in [1.82, 2.24) is 10.2 Å². The summed E-state index contributed by atoms with van der Waals surface area (Å²) >= 11 is 3.47. The SMILES string of the molecule is Cc1c(C(=O)NCC2CCCN(C(C)C)C2)oc2ccc(Br)cc12. The summed E-state index contributed by atoms with van der Waals surface area (Å²) in [6, 6.07) is 6.38. The van der Waals surface area contributed by atoms with Crippen molar-refractivity contribution in [2.24, 2.45) is 5.92 Å². The second kappa shape index (κ2) is 7.28. The monoisotopic (exact) mass is 392 g/mol. The van der Waals surface area contributed by atoms with Gasteiger partial charge in [-0.05, 0) is 64.3 Å². The maximum atomic E-state index is 12.5. The van der Waals surface area contributed by atoms with E-state index < -0.39 is 0 Å². The number of fused-ring (bicyclic) bond motifs is 1. The molecule has 0 spiro atoms. The first-order valence-electron chi connectivity index (χ1n) is 8.66. The fourth-order valence-corrected chi connectivity index (χ4v) is 3.82. The number of carbonyl (C=O) groups excluding carboxylic acids is 1. The van der Waals surface area contributed by atoms with E-state index >= 15 is 0 Å². The summed E-state index contributed by atoms with van der Waals surface area (Å²) in [5.74, 6) is 0.838. The lowest BCUT2D eigenvalue weighted by molar-refractivity contribution is 0.0897. The Balaban J connectivity index is 1.66. The molecule has 2 heterocycles. The minimum absolute atomic E-state index is 0.110. The number of nitrogens with one attached hydrogen (secondary N) is 1. The second-order valence-corrected chi connectivity index (χ2v) is 7.92. The van der Waals surface area contributed by atoms with Crippen LogP contribution in [0, 0.1) is 12.8 Å². The molecule has 3 rings (SSSR count). The third kappa shape index (κ3) is 3.67. The van der Waals surface area contributed by atoms with Gasteiger partial charge in [-0.1, -0.05) is 15.9 Å². The summed E-state index contributed by atoms with van der Waals surface area (Å²) in [5.41, 5.74) is 1.65. The van der Waals surface area contributed by atoms with Crippen molar-refractivity contribution in [2.45, 2.75) is 39.7 Å². The third-order valence-electron chi connectivity index (χ3n) is 4.94. The number of benzene rings is 1. The zero-order valence-electron chi connectivity index (χ0n) is 14.6. The van der Waals surface area contributed by atoms with Crippen LogP contribution in [-0.2, 0) is 0 Å². The van der Waals surface area contributed by atoms with E-state index in [9.17, 15) is 4.79 Å². The normalized spacial score (nSPS) is 19.1. The van der Waals surface area contributed by atoms with Gasteiger partial charge in [0, 0.05) is 34.6 Å². The van der Waals surface area contributed by atoms with E-state index in [0.29, 0.717) is 24.3 Å². The highest BCUT2D eigenvalue weighted by atomic mass is 79.9. The molecule has 1 unspecified atom stereocenters. The molecule has 1 atom stereocenters. The Morgan fingerprint density at radius 1 is 1.46 bits per heavy atom. The van der Waals surface area contributed by atoms with Crippen molar-refractivity contribution in [1.29, 1.82) is 0 Å². The van der Waals surface area contributed by atoms with Gasteiger partial charge in [0.1, 0.15) is 5.58 Å². The van der Waals surface area contributed by atoms with Crippen LogP contribution < -0.4 is 5.32 Å². The Bertz CT molecular complexity index is 738. The zero-order valence-corrected chi connectivity index (χ0v) is 16.1. The van der Waals surface area contributed by atoms with Crippen molar-refractivity contribution in [3.63, 3.8) is 0 Å². The van der Waals surface area contributed by atoms with Crippen LogP contribution in [0.2, 0.25) is 0 Å². The topological polar surface area (TPSA) is 45.5 Å². The number of piperidine rings is 1. The Kier molecular flexibility index (Phi) is 5.30. The fraction of sp³-hybridized carbons (Fsp3) is 0.526. The largest absolute Gasteiger partial charge is 0.451 e. The number of amides is 1. The molecular formula is C19H25BrN2O2. The molecule has 1 aliphatic heterocycles. The quantitative estimate of drug-likeness (QED) is 0.840. The van der Waals surface area contributed by atoms with Gasteiger partial charge in [0.05, 0.1) is 0 Å². The highest BCUT2D eigenvalue weighted by Gasteiger charge is 2.23. The van der Waals surface area contributed by atoms with Gasteiger partial charge in [-0.3, -0.25) is 4.79 Å². The molecule has 0 bridgehead atoms. The summed E-state index contributed by atoms with van der Waals surface area (Å²) in [6.45, 7) is 9.34. The van der Waals surface area contributed by atoms with Crippen LogP contribution in [0.25, 0.3) is 11.0 Å². The molecule has 4 nitrogen and oxygen atoms in total. The van der Waals surface area contributed by atoms with E-state index in [4.69, 9.17) is 4.42 Å². The van der Waals surface area contributed by atoms with Gasteiger partial charge < -0.3 is 14.6 Å². The van der Waals surface area contributed by atoms with E-state index in [2.05, 4.69) is 40.0 Å². The molecule has 1 saturated heterocycles. The molecule has 1 aromatic carbocycles. The van der Waals surface area contributed by atoms with Crippen LogP contribution in [0.3, 0.4) is 0 Å². The van der Waals surface area contributed by atoms with Gasteiger partial charge in [0.25, 0.3) is 5.91 Å². The van der Waals surface area contributed by atoms with Crippen LogP contribution >= 0.6 is 15.9 Å². The molecule has 0 aliphatic carbocycles. The number of aryl methyl sites for hydroxylation is 1. The summed E-state index contributed by atoms with van der Waals surface area (Å²) in [4.78, 5) is 15.0. The van der Waals surface area contributed by atoms with E-state index in [0.717, 1.165) is 27.6 Å². The minimum Gasteiger partial charge on any atom is -0.451 e. The minimum atomic E-state index is -0.110. The van der Waals surface area contributed by atoms with Gasteiger partial charge in [-0.25, -0.2) is 0 Å². The molecule has 130 valence electrons. The molecule has 1 aliphatic rings. The van der Waals surface area contributed by atoms with Crippen molar-refractivity contribution in [3.8, 4) is 0 Å². The van der Waals surface area contributed by atoms with Gasteiger partial charge in [-0.15, -0.1) is 0 Å². The number of hydrogen-bond donors (Lipinski definition) is 1. The van der Waals surface area contributed by atoms with E-state index in [1.165, 1.54) is 19.4 Å². The number of likely N-dealkylation sites (tertiary alicyclic amines) is 1. The Morgan fingerprint density at radius 3 is 3.00 bits per heavy atom. The summed E-state index contributed by atoms with van der Waals surface area (Å²) in [7, 11) is 0. The summed E-state index contributed by atoms with van der Waals surface area (Å²) < 4.78 is 6.76. The second-order valence-electron chi connectivity index (χ2n) is 7.00. The van der Waals surface area contributed by atoms with Gasteiger partial charge in [0.15, 0.2) is 5.76 Å². The number of halogens is 1. The van der Waals surface area contributed by atoms with Crippen LogP contribution in [0.4, 0.5) is 0 Å². The van der Waals surface area contributed by atoms with E-state index in [-0.39, 0.29) is 5.91 Å². The lowest BCUT2D eigenvalue weighted by atomic mass is 9.97. The zero-order chi connectivity index (χ0) is 17.3.